The predicted molar refractivity (Wildman–Crippen MR) is 137 cm³/mol. The number of carbonyl (C=O) groups is 1. The quantitative estimate of drug-likeness (QED) is 0.287. The van der Waals surface area contributed by atoms with E-state index in [9.17, 15) is 18.3 Å². The van der Waals surface area contributed by atoms with Crippen LogP contribution in [0.25, 0.3) is 0 Å². The van der Waals surface area contributed by atoms with Gasteiger partial charge in [0.2, 0.25) is 5.78 Å². The van der Waals surface area contributed by atoms with E-state index in [1.165, 1.54) is 23.9 Å². The van der Waals surface area contributed by atoms with Crippen molar-refractivity contribution in [1.82, 2.24) is 9.97 Å². The van der Waals surface area contributed by atoms with Gasteiger partial charge in [0, 0.05) is 23.7 Å². The Kier molecular flexibility index (Phi) is 8.71. The van der Waals surface area contributed by atoms with E-state index in [1.54, 1.807) is 6.07 Å². The Bertz CT molecular complexity index is 1330. The van der Waals surface area contributed by atoms with E-state index < -0.39 is 22.3 Å². The Hall–Kier alpha value is -3.10. The fourth-order valence-electron chi connectivity index (χ4n) is 4.09. The number of benzene rings is 1. The number of ketones is 1. The number of para-hydroxylation sites is 2. The normalized spacial score (nSPS) is 19.5. The molecule has 4 rings (SSSR count). The Balaban J connectivity index is 1.40. The molecule has 1 fully saturated rings. The van der Waals surface area contributed by atoms with E-state index in [4.69, 9.17) is 14.6 Å². The van der Waals surface area contributed by atoms with Gasteiger partial charge in [0.05, 0.1) is 29.8 Å². The highest BCUT2D eigenvalue weighted by atomic mass is 32.2. The van der Waals surface area contributed by atoms with Crippen LogP contribution in [0, 0.1) is 5.92 Å². The van der Waals surface area contributed by atoms with Crippen molar-refractivity contribution in [2.75, 3.05) is 18.5 Å². The molecule has 0 radical (unpaired) electrons. The summed E-state index contributed by atoms with van der Waals surface area (Å²) in [6.07, 6.45) is 2.74. The summed E-state index contributed by atoms with van der Waals surface area (Å²) in [6, 6.07) is 8.93. The first-order chi connectivity index (χ1) is 17.7. The SMILES string of the molecule is CCOc1ccccc1OCc1csc(C(=O)c2cncnc2N[C@@H]2C[C@H](COS(N)(=O)=O)[C@@H](O)C2)c1. The van der Waals surface area contributed by atoms with Crippen LogP contribution in [0.5, 0.6) is 11.5 Å². The lowest BCUT2D eigenvalue weighted by atomic mass is 10.1. The fourth-order valence-corrected chi connectivity index (χ4v) is 5.31. The molecule has 13 heteroatoms. The van der Waals surface area contributed by atoms with Crippen LogP contribution in [0.4, 0.5) is 5.82 Å². The van der Waals surface area contributed by atoms with Gasteiger partial charge in [-0.15, -0.1) is 11.3 Å². The van der Waals surface area contributed by atoms with Crippen molar-refractivity contribution in [3.63, 3.8) is 0 Å². The number of aromatic nitrogens is 2. The number of anilines is 1. The number of hydrogen-bond donors (Lipinski definition) is 3. The number of rotatable bonds is 12. The molecule has 2 heterocycles. The van der Waals surface area contributed by atoms with Gasteiger partial charge in [-0.3, -0.25) is 8.98 Å². The van der Waals surface area contributed by atoms with Crippen molar-refractivity contribution in [1.29, 1.82) is 0 Å². The summed E-state index contributed by atoms with van der Waals surface area (Å²) in [5, 5.41) is 20.2. The third-order valence-corrected chi connectivity index (χ3v) is 7.26. The van der Waals surface area contributed by atoms with Crippen LogP contribution in [-0.2, 0) is 21.1 Å². The largest absolute Gasteiger partial charge is 0.490 e. The first kappa shape index (κ1) is 26.9. The zero-order valence-electron chi connectivity index (χ0n) is 20.1. The topological polar surface area (TPSA) is 163 Å². The molecule has 1 aromatic carbocycles. The first-order valence-electron chi connectivity index (χ1n) is 11.6. The molecule has 0 unspecified atom stereocenters. The average Bonchev–Trinajstić information content (AvgIpc) is 3.48. The fraction of sp³-hybridized carbons (Fsp3) is 0.375. The van der Waals surface area contributed by atoms with Crippen LogP contribution in [0.1, 0.15) is 40.6 Å². The summed E-state index contributed by atoms with van der Waals surface area (Å²) in [5.74, 6) is 0.940. The third kappa shape index (κ3) is 7.23. The molecule has 3 aromatic rings. The molecule has 0 saturated heterocycles. The summed E-state index contributed by atoms with van der Waals surface area (Å²) in [4.78, 5) is 22.0. The Morgan fingerprint density at radius 2 is 2.00 bits per heavy atom. The maximum atomic E-state index is 13.3. The number of ether oxygens (including phenoxy) is 2. The minimum absolute atomic E-state index is 0.219. The van der Waals surface area contributed by atoms with Crippen molar-refractivity contribution in [3.8, 4) is 11.5 Å². The molecule has 198 valence electrons. The smallest absolute Gasteiger partial charge is 0.333 e. The van der Waals surface area contributed by atoms with Crippen LogP contribution in [-0.4, -0.2) is 54.6 Å². The molecule has 37 heavy (non-hydrogen) atoms. The summed E-state index contributed by atoms with van der Waals surface area (Å²) in [5.41, 5.74) is 1.12. The van der Waals surface area contributed by atoms with Crippen molar-refractivity contribution in [2.24, 2.45) is 11.1 Å². The van der Waals surface area contributed by atoms with Crippen LogP contribution in [0.15, 0.2) is 48.2 Å². The molecule has 11 nitrogen and oxygen atoms in total. The maximum Gasteiger partial charge on any atom is 0.333 e. The zero-order valence-corrected chi connectivity index (χ0v) is 21.7. The number of aliphatic hydroxyl groups excluding tert-OH is 1. The molecule has 0 bridgehead atoms. The van der Waals surface area contributed by atoms with Crippen LogP contribution < -0.4 is 19.9 Å². The van der Waals surface area contributed by atoms with Gasteiger partial charge in [-0.25, -0.2) is 15.1 Å². The molecule has 2 aromatic heterocycles. The van der Waals surface area contributed by atoms with Crippen LogP contribution in [0.3, 0.4) is 0 Å². The van der Waals surface area contributed by atoms with Gasteiger partial charge in [0.25, 0.3) is 0 Å². The van der Waals surface area contributed by atoms with E-state index in [1.807, 2.05) is 36.6 Å². The molecular weight excluding hydrogens is 520 g/mol. The Labute approximate surface area is 218 Å². The van der Waals surface area contributed by atoms with Gasteiger partial charge in [0.1, 0.15) is 18.8 Å². The van der Waals surface area contributed by atoms with Gasteiger partial charge >= 0.3 is 10.3 Å². The van der Waals surface area contributed by atoms with Gasteiger partial charge in [-0.1, -0.05) is 12.1 Å². The van der Waals surface area contributed by atoms with E-state index in [-0.39, 0.29) is 30.6 Å². The third-order valence-electron chi connectivity index (χ3n) is 5.82. The number of aliphatic hydroxyl groups is 1. The second-order valence-corrected chi connectivity index (χ2v) is 10.7. The maximum absolute atomic E-state index is 13.3. The number of carbonyl (C=O) groups excluding carboxylic acids is 1. The van der Waals surface area contributed by atoms with Crippen molar-refractivity contribution in [2.45, 2.75) is 38.5 Å². The summed E-state index contributed by atoms with van der Waals surface area (Å²) >= 11 is 1.29. The summed E-state index contributed by atoms with van der Waals surface area (Å²) in [7, 11) is -4.09. The highest BCUT2D eigenvalue weighted by Gasteiger charge is 2.34. The lowest BCUT2D eigenvalue weighted by Crippen LogP contribution is -2.24. The molecule has 1 aliphatic rings. The predicted octanol–water partition coefficient (Wildman–Crippen LogP) is 2.52. The molecule has 1 saturated carbocycles. The number of nitrogens with one attached hydrogen (secondary N) is 1. The Morgan fingerprint density at radius 3 is 2.73 bits per heavy atom. The lowest BCUT2D eigenvalue weighted by Gasteiger charge is -2.15. The molecular formula is C24H28N4O7S2. The van der Waals surface area contributed by atoms with E-state index in [2.05, 4.69) is 19.5 Å². The summed E-state index contributed by atoms with van der Waals surface area (Å²) in [6.45, 7) is 2.48. The monoisotopic (exact) mass is 548 g/mol. The number of nitrogens with two attached hydrogens (primary N) is 1. The van der Waals surface area contributed by atoms with Crippen LogP contribution >= 0.6 is 11.3 Å². The minimum atomic E-state index is -4.09. The molecule has 0 aliphatic heterocycles. The number of nitrogens with zero attached hydrogens (tertiary/aromatic N) is 2. The zero-order chi connectivity index (χ0) is 26.4. The number of thiophene rings is 1. The molecule has 4 N–H and O–H groups in total. The van der Waals surface area contributed by atoms with Crippen molar-refractivity contribution >= 4 is 33.2 Å². The van der Waals surface area contributed by atoms with Crippen molar-refractivity contribution in [3.05, 3.63) is 64.2 Å². The molecule has 1 aliphatic carbocycles. The minimum Gasteiger partial charge on any atom is -0.490 e. The summed E-state index contributed by atoms with van der Waals surface area (Å²) < 4.78 is 38.3. The van der Waals surface area contributed by atoms with Gasteiger partial charge in [-0.05, 0) is 43.3 Å². The number of hydrogen-bond acceptors (Lipinski definition) is 11. The molecule has 0 amide bonds. The van der Waals surface area contributed by atoms with Crippen molar-refractivity contribution < 1.29 is 32.0 Å². The van der Waals surface area contributed by atoms with E-state index >= 15 is 0 Å². The second-order valence-electron chi connectivity index (χ2n) is 8.52. The highest BCUT2D eigenvalue weighted by molar-refractivity contribution is 7.84. The van der Waals surface area contributed by atoms with Gasteiger partial charge in [-0.2, -0.15) is 8.42 Å². The average molecular weight is 549 g/mol. The van der Waals surface area contributed by atoms with E-state index in [0.717, 1.165) is 5.56 Å². The molecule has 0 spiro atoms. The first-order valence-corrected chi connectivity index (χ1v) is 14.0. The second kappa shape index (κ2) is 12.0. The van der Waals surface area contributed by atoms with Gasteiger partial charge in [0.15, 0.2) is 11.5 Å². The Morgan fingerprint density at radius 1 is 1.24 bits per heavy atom. The molecule has 3 atom stereocenters. The van der Waals surface area contributed by atoms with Crippen LogP contribution in [0.2, 0.25) is 0 Å². The standard InChI is InChI=1S/C24H28N4O7S2/c1-2-33-20-5-3-4-6-21(20)34-11-15-7-22(36-13-15)23(30)18-10-26-14-27-24(18)28-17-8-16(19(29)9-17)12-35-37(25,31)32/h3-7,10,13-14,16-17,19,29H,2,8-9,11-12H2,1H3,(H2,25,31,32)(H,26,27,28)/t16-,17-,19+/m1/s1. The van der Waals surface area contributed by atoms with E-state index in [0.29, 0.717) is 41.6 Å². The van der Waals surface area contributed by atoms with Gasteiger partial charge < -0.3 is 19.9 Å². The highest BCUT2D eigenvalue weighted by Crippen LogP contribution is 2.31. The lowest BCUT2D eigenvalue weighted by molar-refractivity contribution is 0.101.